The van der Waals surface area contributed by atoms with E-state index in [0.717, 1.165) is 29.1 Å². The van der Waals surface area contributed by atoms with Gasteiger partial charge < -0.3 is 9.80 Å². The number of piperazine rings is 1. The standard InChI is InChI=1S/C25H26ClN3O2S/c1-18-23(32-24(27-18)20-10-12-21(26)13-11-20)25(31)29-16-14-28(15-17-29)22(30)9-5-8-19-6-3-2-4-7-19/h2-4,6-7,10-13H,5,8-9,14-17H2,1H3. The number of carbonyl (C=O) groups excluding carboxylic acids is 2. The fourth-order valence-electron chi connectivity index (χ4n) is 3.86. The van der Waals surface area contributed by atoms with E-state index in [9.17, 15) is 9.59 Å². The summed E-state index contributed by atoms with van der Waals surface area (Å²) in [5.41, 5.74) is 2.95. The van der Waals surface area contributed by atoms with Gasteiger partial charge in [-0.2, -0.15) is 0 Å². The Morgan fingerprint density at radius 3 is 2.31 bits per heavy atom. The normalized spacial score (nSPS) is 13.9. The number of thiazole rings is 1. The lowest BCUT2D eigenvalue weighted by molar-refractivity contribution is -0.132. The molecule has 1 aromatic heterocycles. The average Bonchev–Trinajstić information content (AvgIpc) is 3.21. The third kappa shape index (κ3) is 5.37. The van der Waals surface area contributed by atoms with Gasteiger partial charge in [0.15, 0.2) is 0 Å². The number of rotatable bonds is 6. The summed E-state index contributed by atoms with van der Waals surface area (Å²) in [6.45, 7) is 4.14. The number of hydrogen-bond acceptors (Lipinski definition) is 4. The van der Waals surface area contributed by atoms with Crippen molar-refractivity contribution in [2.24, 2.45) is 0 Å². The fourth-order valence-corrected chi connectivity index (χ4v) is 5.03. The smallest absolute Gasteiger partial charge is 0.265 e. The number of benzene rings is 2. The molecule has 3 aromatic rings. The molecule has 0 radical (unpaired) electrons. The van der Waals surface area contributed by atoms with Gasteiger partial charge in [-0.25, -0.2) is 4.98 Å². The Hall–Kier alpha value is -2.70. The highest BCUT2D eigenvalue weighted by atomic mass is 35.5. The molecule has 0 unspecified atom stereocenters. The first-order valence-corrected chi connectivity index (χ1v) is 12.0. The van der Waals surface area contributed by atoms with Crippen molar-refractivity contribution in [3.63, 3.8) is 0 Å². The summed E-state index contributed by atoms with van der Waals surface area (Å²) in [7, 11) is 0. The number of amides is 2. The van der Waals surface area contributed by atoms with Crippen molar-refractivity contribution in [3.05, 3.63) is 75.8 Å². The maximum Gasteiger partial charge on any atom is 0.265 e. The average molecular weight is 468 g/mol. The quantitative estimate of drug-likeness (QED) is 0.508. The molecule has 0 aliphatic carbocycles. The zero-order valence-electron chi connectivity index (χ0n) is 18.1. The molecule has 2 amide bonds. The van der Waals surface area contributed by atoms with Crippen LogP contribution in [0.2, 0.25) is 5.02 Å². The number of halogens is 1. The predicted octanol–water partition coefficient (Wildman–Crippen LogP) is 5.08. The fraction of sp³-hybridized carbons (Fsp3) is 0.320. The molecule has 5 nitrogen and oxygen atoms in total. The van der Waals surface area contributed by atoms with Crippen LogP contribution in [0.5, 0.6) is 0 Å². The predicted molar refractivity (Wildman–Crippen MR) is 129 cm³/mol. The zero-order valence-corrected chi connectivity index (χ0v) is 19.7. The van der Waals surface area contributed by atoms with E-state index in [0.29, 0.717) is 42.5 Å². The largest absolute Gasteiger partial charge is 0.339 e. The van der Waals surface area contributed by atoms with Crippen LogP contribution in [0, 0.1) is 6.92 Å². The molecule has 2 heterocycles. The second kappa shape index (κ2) is 10.3. The molecule has 0 saturated carbocycles. The number of aromatic nitrogens is 1. The van der Waals surface area contributed by atoms with Gasteiger partial charge in [0.05, 0.1) is 5.69 Å². The van der Waals surface area contributed by atoms with Gasteiger partial charge in [0, 0.05) is 43.2 Å². The van der Waals surface area contributed by atoms with Crippen molar-refractivity contribution in [1.29, 1.82) is 0 Å². The minimum atomic E-state index is -0.00334. The Kier molecular flexibility index (Phi) is 7.22. The van der Waals surface area contributed by atoms with Crippen molar-refractivity contribution < 1.29 is 9.59 Å². The third-order valence-electron chi connectivity index (χ3n) is 5.70. The van der Waals surface area contributed by atoms with Gasteiger partial charge in [0.25, 0.3) is 5.91 Å². The molecule has 0 N–H and O–H groups in total. The lowest BCUT2D eigenvalue weighted by Crippen LogP contribution is -2.50. The first-order valence-electron chi connectivity index (χ1n) is 10.9. The van der Waals surface area contributed by atoms with Crippen LogP contribution in [0.15, 0.2) is 54.6 Å². The Labute approximate surface area is 197 Å². The molecule has 32 heavy (non-hydrogen) atoms. The summed E-state index contributed by atoms with van der Waals surface area (Å²) >= 11 is 7.38. The summed E-state index contributed by atoms with van der Waals surface area (Å²) in [6, 6.07) is 17.7. The van der Waals surface area contributed by atoms with Crippen molar-refractivity contribution in [1.82, 2.24) is 14.8 Å². The van der Waals surface area contributed by atoms with E-state index >= 15 is 0 Å². The molecule has 166 valence electrons. The first kappa shape index (κ1) is 22.5. The van der Waals surface area contributed by atoms with Crippen molar-refractivity contribution in [2.75, 3.05) is 26.2 Å². The summed E-state index contributed by atoms with van der Waals surface area (Å²) in [5.74, 6) is 0.170. The number of nitrogens with zero attached hydrogens (tertiary/aromatic N) is 3. The Balaban J connectivity index is 1.30. The number of hydrogen-bond donors (Lipinski definition) is 0. The molecule has 1 fully saturated rings. The second-order valence-electron chi connectivity index (χ2n) is 7.95. The molecule has 1 aliphatic heterocycles. The lowest BCUT2D eigenvalue weighted by Gasteiger charge is -2.34. The Morgan fingerprint density at radius 2 is 1.62 bits per heavy atom. The Bertz CT molecular complexity index is 1070. The van der Waals surface area contributed by atoms with Crippen molar-refractivity contribution in [3.8, 4) is 10.6 Å². The number of aryl methyl sites for hydroxylation is 2. The highest BCUT2D eigenvalue weighted by Gasteiger charge is 2.27. The highest BCUT2D eigenvalue weighted by Crippen LogP contribution is 2.30. The topological polar surface area (TPSA) is 53.5 Å². The second-order valence-corrected chi connectivity index (χ2v) is 9.39. The van der Waals surface area contributed by atoms with Crippen LogP contribution in [0.3, 0.4) is 0 Å². The van der Waals surface area contributed by atoms with E-state index < -0.39 is 0 Å². The van der Waals surface area contributed by atoms with Gasteiger partial charge in [-0.3, -0.25) is 9.59 Å². The van der Waals surface area contributed by atoms with E-state index in [1.54, 1.807) is 0 Å². The van der Waals surface area contributed by atoms with Crippen LogP contribution < -0.4 is 0 Å². The maximum absolute atomic E-state index is 13.1. The summed E-state index contributed by atoms with van der Waals surface area (Å²) in [5, 5.41) is 1.49. The molecule has 1 aliphatic rings. The van der Waals surface area contributed by atoms with E-state index in [4.69, 9.17) is 11.6 Å². The molecule has 4 rings (SSSR count). The van der Waals surface area contributed by atoms with Crippen LogP contribution in [-0.4, -0.2) is 52.8 Å². The van der Waals surface area contributed by atoms with Crippen molar-refractivity contribution in [2.45, 2.75) is 26.2 Å². The zero-order chi connectivity index (χ0) is 22.5. The SMILES string of the molecule is Cc1nc(-c2ccc(Cl)cc2)sc1C(=O)N1CCN(C(=O)CCCc2ccccc2)CC1. The van der Waals surface area contributed by atoms with E-state index in [-0.39, 0.29) is 11.8 Å². The highest BCUT2D eigenvalue weighted by molar-refractivity contribution is 7.17. The van der Waals surface area contributed by atoms with Crippen LogP contribution in [0.4, 0.5) is 0 Å². The van der Waals surface area contributed by atoms with Crippen LogP contribution in [0.25, 0.3) is 10.6 Å². The van der Waals surface area contributed by atoms with Gasteiger partial charge in [0.2, 0.25) is 5.91 Å². The molecular weight excluding hydrogens is 442 g/mol. The monoisotopic (exact) mass is 467 g/mol. The summed E-state index contributed by atoms with van der Waals surface area (Å²) in [4.78, 5) is 34.6. The van der Waals surface area contributed by atoms with E-state index in [1.807, 2.05) is 59.2 Å². The van der Waals surface area contributed by atoms with Gasteiger partial charge >= 0.3 is 0 Å². The van der Waals surface area contributed by atoms with Gasteiger partial charge in [-0.1, -0.05) is 54.1 Å². The molecule has 2 aromatic carbocycles. The minimum absolute atomic E-state index is 0.00334. The van der Waals surface area contributed by atoms with E-state index in [2.05, 4.69) is 17.1 Å². The third-order valence-corrected chi connectivity index (χ3v) is 7.15. The van der Waals surface area contributed by atoms with Gasteiger partial charge in [-0.15, -0.1) is 11.3 Å². The summed E-state index contributed by atoms with van der Waals surface area (Å²) < 4.78 is 0. The molecule has 1 saturated heterocycles. The molecule has 7 heteroatoms. The number of carbonyl (C=O) groups is 2. The maximum atomic E-state index is 13.1. The molecule has 0 spiro atoms. The Morgan fingerprint density at radius 1 is 0.969 bits per heavy atom. The molecule has 0 atom stereocenters. The lowest BCUT2D eigenvalue weighted by atomic mass is 10.1. The van der Waals surface area contributed by atoms with Crippen LogP contribution in [-0.2, 0) is 11.2 Å². The molecule has 0 bridgehead atoms. The van der Waals surface area contributed by atoms with Crippen molar-refractivity contribution >= 4 is 34.8 Å². The van der Waals surface area contributed by atoms with E-state index in [1.165, 1.54) is 16.9 Å². The minimum Gasteiger partial charge on any atom is -0.339 e. The first-order chi connectivity index (χ1) is 15.5. The molecular formula is C25H26ClN3O2S. The van der Waals surface area contributed by atoms with Crippen LogP contribution >= 0.6 is 22.9 Å². The van der Waals surface area contributed by atoms with Crippen LogP contribution in [0.1, 0.15) is 33.8 Å². The van der Waals surface area contributed by atoms with Gasteiger partial charge in [-0.05, 0) is 37.5 Å². The summed E-state index contributed by atoms with van der Waals surface area (Å²) in [6.07, 6.45) is 2.29. The van der Waals surface area contributed by atoms with Gasteiger partial charge in [0.1, 0.15) is 9.88 Å².